The van der Waals surface area contributed by atoms with E-state index in [2.05, 4.69) is 4.72 Å². The van der Waals surface area contributed by atoms with Crippen LogP contribution in [0.3, 0.4) is 0 Å². The Morgan fingerprint density at radius 2 is 1.46 bits per heavy atom. The lowest BCUT2D eigenvalue weighted by atomic mass is 10.1. The SMILES string of the molecule is COc1ccc(OC)c(NS(=O)(=O)c2cc(C)c(C)cc2OC)c1. The summed E-state index contributed by atoms with van der Waals surface area (Å²) in [5, 5.41) is 0. The number of methoxy groups -OCH3 is 3. The first kappa shape index (κ1) is 17.9. The Bertz CT molecular complexity index is 846. The van der Waals surface area contributed by atoms with Crippen molar-refractivity contribution in [3.63, 3.8) is 0 Å². The van der Waals surface area contributed by atoms with E-state index < -0.39 is 10.0 Å². The number of benzene rings is 2. The number of hydrogen-bond donors (Lipinski definition) is 1. The van der Waals surface area contributed by atoms with Gasteiger partial charge in [-0.05, 0) is 49.2 Å². The van der Waals surface area contributed by atoms with Crippen molar-refractivity contribution in [2.75, 3.05) is 26.1 Å². The van der Waals surface area contributed by atoms with Crippen LogP contribution in [0.5, 0.6) is 17.2 Å². The van der Waals surface area contributed by atoms with Gasteiger partial charge in [-0.3, -0.25) is 4.72 Å². The third kappa shape index (κ3) is 3.56. The molecule has 2 aromatic rings. The van der Waals surface area contributed by atoms with E-state index >= 15 is 0 Å². The predicted molar refractivity (Wildman–Crippen MR) is 92.8 cm³/mol. The van der Waals surface area contributed by atoms with Crippen LogP contribution in [0.15, 0.2) is 35.2 Å². The van der Waals surface area contributed by atoms with Crippen LogP contribution in [-0.2, 0) is 10.0 Å². The summed E-state index contributed by atoms with van der Waals surface area (Å²) in [5.74, 6) is 1.19. The number of nitrogens with one attached hydrogen (secondary N) is 1. The second-order valence-electron chi connectivity index (χ2n) is 5.26. The molecule has 6 nitrogen and oxygen atoms in total. The minimum Gasteiger partial charge on any atom is -0.497 e. The molecule has 0 unspecified atom stereocenters. The van der Waals surface area contributed by atoms with E-state index in [1.54, 1.807) is 30.3 Å². The molecule has 130 valence electrons. The summed E-state index contributed by atoms with van der Waals surface area (Å²) in [6, 6.07) is 8.17. The first-order valence-corrected chi connectivity index (χ1v) is 8.70. The molecule has 0 radical (unpaired) electrons. The first-order valence-electron chi connectivity index (χ1n) is 7.22. The Morgan fingerprint density at radius 1 is 0.833 bits per heavy atom. The highest BCUT2D eigenvalue weighted by Gasteiger charge is 2.22. The summed E-state index contributed by atoms with van der Waals surface area (Å²) < 4.78 is 43.8. The molecule has 2 rings (SSSR count). The van der Waals surface area contributed by atoms with Crippen molar-refractivity contribution >= 4 is 15.7 Å². The number of rotatable bonds is 6. The maximum atomic E-state index is 12.8. The van der Waals surface area contributed by atoms with Crippen LogP contribution in [0, 0.1) is 13.8 Å². The zero-order chi connectivity index (χ0) is 17.9. The Labute approximate surface area is 142 Å². The van der Waals surface area contributed by atoms with Crippen molar-refractivity contribution in [1.82, 2.24) is 0 Å². The van der Waals surface area contributed by atoms with Gasteiger partial charge in [0.25, 0.3) is 10.0 Å². The zero-order valence-corrected chi connectivity index (χ0v) is 15.2. The van der Waals surface area contributed by atoms with Crippen LogP contribution >= 0.6 is 0 Å². The van der Waals surface area contributed by atoms with Gasteiger partial charge in [0.2, 0.25) is 0 Å². The van der Waals surface area contributed by atoms with E-state index in [0.29, 0.717) is 11.5 Å². The van der Waals surface area contributed by atoms with Crippen LogP contribution in [0.1, 0.15) is 11.1 Å². The normalized spacial score (nSPS) is 11.0. The minimum absolute atomic E-state index is 0.0676. The van der Waals surface area contributed by atoms with Gasteiger partial charge >= 0.3 is 0 Å². The minimum atomic E-state index is -3.86. The molecule has 0 saturated heterocycles. The molecule has 0 aliphatic carbocycles. The maximum Gasteiger partial charge on any atom is 0.265 e. The highest BCUT2D eigenvalue weighted by atomic mass is 32.2. The second-order valence-corrected chi connectivity index (χ2v) is 6.91. The highest BCUT2D eigenvalue weighted by molar-refractivity contribution is 7.92. The van der Waals surface area contributed by atoms with E-state index in [0.717, 1.165) is 11.1 Å². The van der Waals surface area contributed by atoms with Crippen LogP contribution in [0.2, 0.25) is 0 Å². The van der Waals surface area contributed by atoms with E-state index in [1.807, 2.05) is 13.8 Å². The second kappa shape index (κ2) is 7.00. The topological polar surface area (TPSA) is 73.9 Å². The molecular formula is C17H21NO5S. The summed E-state index contributed by atoms with van der Waals surface area (Å²) >= 11 is 0. The lowest BCUT2D eigenvalue weighted by Crippen LogP contribution is -2.15. The van der Waals surface area contributed by atoms with Crippen molar-refractivity contribution in [2.24, 2.45) is 0 Å². The number of anilines is 1. The fourth-order valence-electron chi connectivity index (χ4n) is 2.23. The number of ether oxygens (including phenoxy) is 3. The molecule has 0 atom stereocenters. The van der Waals surface area contributed by atoms with Crippen LogP contribution in [0.25, 0.3) is 0 Å². The lowest BCUT2D eigenvalue weighted by molar-refractivity contribution is 0.402. The summed E-state index contributed by atoms with van der Waals surface area (Å²) in [4.78, 5) is 0.0676. The van der Waals surface area contributed by atoms with Gasteiger partial charge in [-0.15, -0.1) is 0 Å². The molecule has 0 aliphatic rings. The van der Waals surface area contributed by atoms with E-state index in [9.17, 15) is 8.42 Å². The molecule has 0 spiro atoms. The van der Waals surface area contributed by atoms with Gasteiger partial charge < -0.3 is 14.2 Å². The van der Waals surface area contributed by atoms with Gasteiger partial charge in [0, 0.05) is 6.07 Å². The molecule has 7 heteroatoms. The molecule has 0 fully saturated rings. The monoisotopic (exact) mass is 351 g/mol. The smallest absolute Gasteiger partial charge is 0.265 e. The van der Waals surface area contributed by atoms with Crippen LogP contribution in [0.4, 0.5) is 5.69 Å². The Morgan fingerprint density at radius 3 is 2.04 bits per heavy atom. The molecule has 24 heavy (non-hydrogen) atoms. The first-order chi connectivity index (χ1) is 11.3. The van der Waals surface area contributed by atoms with Gasteiger partial charge in [-0.2, -0.15) is 0 Å². The Balaban J connectivity index is 2.52. The summed E-state index contributed by atoms with van der Waals surface area (Å²) in [5.41, 5.74) is 2.09. The average Bonchev–Trinajstić information content (AvgIpc) is 2.56. The van der Waals surface area contributed by atoms with Gasteiger partial charge in [0.15, 0.2) is 0 Å². The average molecular weight is 351 g/mol. The molecule has 0 aliphatic heterocycles. The third-order valence-electron chi connectivity index (χ3n) is 3.72. The number of hydrogen-bond acceptors (Lipinski definition) is 5. The molecule has 0 saturated carbocycles. The number of aryl methyl sites for hydroxylation is 2. The van der Waals surface area contributed by atoms with Crippen LogP contribution < -0.4 is 18.9 Å². The van der Waals surface area contributed by atoms with Gasteiger partial charge in [-0.1, -0.05) is 0 Å². The van der Waals surface area contributed by atoms with E-state index in [1.165, 1.54) is 21.3 Å². The highest BCUT2D eigenvalue weighted by Crippen LogP contribution is 2.33. The van der Waals surface area contributed by atoms with Gasteiger partial charge in [0.1, 0.15) is 22.1 Å². The predicted octanol–water partition coefficient (Wildman–Crippen LogP) is 3.13. The maximum absolute atomic E-state index is 12.8. The Kier molecular flexibility index (Phi) is 5.23. The fourth-order valence-corrected chi connectivity index (χ4v) is 3.52. The number of sulfonamides is 1. The standard InChI is InChI=1S/C17H21NO5S/c1-11-8-16(23-5)17(9-12(11)2)24(19,20)18-14-10-13(21-3)6-7-15(14)22-4/h6-10,18H,1-5H3. The van der Waals surface area contributed by atoms with E-state index in [-0.39, 0.29) is 16.3 Å². The lowest BCUT2D eigenvalue weighted by Gasteiger charge is -2.16. The zero-order valence-electron chi connectivity index (χ0n) is 14.3. The van der Waals surface area contributed by atoms with Crippen molar-refractivity contribution in [3.8, 4) is 17.2 Å². The molecule has 0 aromatic heterocycles. The fraction of sp³-hybridized carbons (Fsp3) is 0.294. The molecular weight excluding hydrogens is 330 g/mol. The molecule has 0 bridgehead atoms. The third-order valence-corrected chi connectivity index (χ3v) is 5.11. The quantitative estimate of drug-likeness (QED) is 0.865. The van der Waals surface area contributed by atoms with Gasteiger partial charge in [0.05, 0.1) is 27.0 Å². The molecule has 1 N–H and O–H groups in total. The largest absolute Gasteiger partial charge is 0.497 e. The molecule has 0 heterocycles. The van der Waals surface area contributed by atoms with Crippen molar-refractivity contribution in [3.05, 3.63) is 41.5 Å². The van der Waals surface area contributed by atoms with Gasteiger partial charge in [-0.25, -0.2) is 8.42 Å². The Hall–Kier alpha value is -2.41. The van der Waals surface area contributed by atoms with E-state index in [4.69, 9.17) is 14.2 Å². The van der Waals surface area contributed by atoms with Crippen molar-refractivity contribution < 1.29 is 22.6 Å². The van der Waals surface area contributed by atoms with Crippen LogP contribution in [-0.4, -0.2) is 29.7 Å². The molecule has 2 aromatic carbocycles. The summed E-state index contributed by atoms with van der Waals surface area (Å²) in [6.45, 7) is 3.74. The summed E-state index contributed by atoms with van der Waals surface area (Å²) in [6.07, 6.45) is 0. The van der Waals surface area contributed by atoms with Crippen molar-refractivity contribution in [1.29, 1.82) is 0 Å². The molecule has 0 amide bonds. The summed E-state index contributed by atoms with van der Waals surface area (Å²) in [7, 11) is 0.551. The van der Waals surface area contributed by atoms with Crippen molar-refractivity contribution in [2.45, 2.75) is 18.7 Å².